The SMILES string of the molecule is CCc1nn(C)c(OC)c1CNC(=O)c1cc(C)ccc1[N+](=O)[O-]. The number of methoxy groups -OCH3 is 1. The summed E-state index contributed by atoms with van der Waals surface area (Å²) >= 11 is 0. The van der Waals surface area contributed by atoms with Gasteiger partial charge in [0.15, 0.2) is 0 Å². The molecule has 0 fully saturated rings. The fraction of sp³-hybridized carbons (Fsp3) is 0.375. The molecule has 24 heavy (non-hydrogen) atoms. The van der Waals surface area contributed by atoms with Crippen LogP contribution in [0.1, 0.15) is 34.1 Å². The number of carbonyl (C=O) groups excluding carboxylic acids is 1. The first-order valence-electron chi connectivity index (χ1n) is 7.51. The molecular weight excluding hydrogens is 312 g/mol. The number of nitro groups is 1. The van der Waals surface area contributed by atoms with Gasteiger partial charge in [0.2, 0.25) is 5.88 Å². The topological polar surface area (TPSA) is 99.3 Å². The summed E-state index contributed by atoms with van der Waals surface area (Å²) in [5.74, 6) is 0.0595. The first-order valence-corrected chi connectivity index (χ1v) is 7.51. The predicted octanol–water partition coefficient (Wildman–Crippen LogP) is 2.14. The lowest BCUT2D eigenvalue weighted by molar-refractivity contribution is -0.385. The second-order valence-corrected chi connectivity index (χ2v) is 5.37. The van der Waals surface area contributed by atoms with Crippen LogP contribution in [-0.4, -0.2) is 27.7 Å². The molecule has 2 aromatic rings. The smallest absolute Gasteiger partial charge is 0.282 e. The highest BCUT2D eigenvalue weighted by molar-refractivity contribution is 5.98. The van der Waals surface area contributed by atoms with Crippen LogP contribution in [0.25, 0.3) is 0 Å². The number of nitro benzene ring substituents is 1. The van der Waals surface area contributed by atoms with E-state index in [9.17, 15) is 14.9 Å². The molecule has 1 aromatic heterocycles. The van der Waals surface area contributed by atoms with Gasteiger partial charge in [0, 0.05) is 13.1 Å². The molecule has 0 saturated heterocycles. The van der Waals surface area contributed by atoms with E-state index in [-0.39, 0.29) is 17.8 Å². The maximum Gasteiger partial charge on any atom is 0.282 e. The third-order valence-corrected chi connectivity index (χ3v) is 3.72. The Morgan fingerprint density at radius 1 is 1.46 bits per heavy atom. The van der Waals surface area contributed by atoms with Crippen molar-refractivity contribution in [3.63, 3.8) is 0 Å². The van der Waals surface area contributed by atoms with E-state index >= 15 is 0 Å². The van der Waals surface area contributed by atoms with Gasteiger partial charge in [-0.15, -0.1) is 0 Å². The second-order valence-electron chi connectivity index (χ2n) is 5.37. The highest BCUT2D eigenvalue weighted by atomic mass is 16.6. The standard InChI is InChI=1S/C16H20N4O4/c1-5-13-12(16(24-4)19(3)18-13)9-17-15(21)11-8-10(2)6-7-14(11)20(22)23/h6-8H,5,9H2,1-4H3,(H,17,21). The first kappa shape index (κ1) is 17.5. The molecular formula is C16H20N4O4. The minimum Gasteiger partial charge on any atom is -0.481 e. The molecule has 0 aliphatic rings. The van der Waals surface area contributed by atoms with Gasteiger partial charge in [0.25, 0.3) is 11.6 Å². The summed E-state index contributed by atoms with van der Waals surface area (Å²) in [5, 5.41) is 18.2. The molecule has 2 rings (SSSR count). The zero-order valence-corrected chi connectivity index (χ0v) is 14.1. The van der Waals surface area contributed by atoms with E-state index < -0.39 is 10.8 Å². The van der Waals surface area contributed by atoms with E-state index in [4.69, 9.17) is 4.74 Å². The lowest BCUT2D eigenvalue weighted by Gasteiger charge is -2.08. The predicted molar refractivity (Wildman–Crippen MR) is 88.1 cm³/mol. The van der Waals surface area contributed by atoms with Gasteiger partial charge in [0.05, 0.1) is 29.8 Å². The van der Waals surface area contributed by atoms with E-state index in [0.29, 0.717) is 12.3 Å². The number of carbonyl (C=O) groups is 1. The molecule has 0 aliphatic carbocycles. The van der Waals surface area contributed by atoms with Crippen LogP contribution in [0.5, 0.6) is 5.88 Å². The summed E-state index contributed by atoms with van der Waals surface area (Å²) in [7, 11) is 3.29. The molecule has 0 saturated carbocycles. The van der Waals surface area contributed by atoms with Gasteiger partial charge >= 0.3 is 0 Å². The van der Waals surface area contributed by atoms with Crippen molar-refractivity contribution < 1.29 is 14.5 Å². The lowest BCUT2D eigenvalue weighted by atomic mass is 10.1. The average Bonchev–Trinajstić information content (AvgIpc) is 2.86. The maximum absolute atomic E-state index is 12.4. The third kappa shape index (κ3) is 3.37. The van der Waals surface area contributed by atoms with Crippen molar-refractivity contribution >= 4 is 11.6 Å². The van der Waals surface area contributed by atoms with Crippen LogP contribution >= 0.6 is 0 Å². The van der Waals surface area contributed by atoms with Crippen LogP contribution < -0.4 is 10.1 Å². The fourth-order valence-electron chi connectivity index (χ4n) is 2.58. The molecule has 0 bridgehead atoms. The number of nitrogens with one attached hydrogen (secondary N) is 1. The number of aryl methyl sites for hydroxylation is 3. The van der Waals surface area contributed by atoms with Gasteiger partial charge in [-0.3, -0.25) is 14.9 Å². The molecule has 0 atom stereocenters. The van der Waals surface area contributed by atoms with E-state index in [1.165, 1.54) is 19.2 Å². The van der Waals surface area contributed by atoms with Crippen molar-refractivity contribution in [2.75, 3.05) is 7.11 Å². The summed E-state index contributed by atoms with van der Waals surface area (Å²) in [5.41, 5.74) is 2.19. The molecule has 0 unspecified atom stereocenters. The summed E-state index contributed by atoms with van der Waals surface area (Å²) in [6.07, 6.45) is 0.687. The van der Waals surface area contributed by atoms with Gasteiger partial charge in [-0.1, -0.05) is 13.0 Å². The maximum atomic E-state index is 12.4. The van der Waals surface area contributed by atoms with E-state index in [1.807, 2.05) is 6.92 Å². The Bertz CT molecular complexity index is 783. The van der Waals surface area contributed by atoms with E-state index in [1.54, 1.807) is 24.7 Å². The number of hydrogen-bond donors (Lipinski definition) is 1. The monoisotopic (exact) mass is 332 g/mol. The molecule has 128 valence electrons. The number of benzene rings is 1. The summed E-state index contributed by atoms with van der Waals surface area (Å²) in [6.45, 7) is 3.92. The van der Waals surface area contributed by atoms with Crippen LogP contribution in [0.3, 0.4) is 0 Å². The Morgan fingerprint density at radius 2 is 2.17 bits per heavy atom. The molecule has 0 aliphatic heterocycles. The molecule has 1 amide bonds. The Hall–Kier alpha value is -2.90. The average molecular weight is 332 g/mol. The van der Waals surface area contributed by atoms with Gasteiger partial charge in [-0.05, 0) is 25.0 Å². The van der Waals surface area contributed by atoms with E-state index in [0.717, 1.165) is 16.8 Å². The second kappa shape index (κ2) is 7.12. The van der Waals surface area contributed by atoms with Crippen molar-refractivity contribution in [2.45, 2.75) is 26.8 Å². The van der Waals surface area contributed by atoms with Crippen molar-refractivity contribution in [3.8, 4) is 5.88 Å². The van der Waals surface area contributed by atoms with Crippen molar-refractivity contribution in [1.82, 2.24) is 15.1 Å². The van der Waals surface area contributed by atoms with Crippen LogP contribution in [0.2, 0.25) is 0 Å². The Labute approximate surface area is 139 Å². The highest BCUT2D eigenvalue weighted by Gasteiger charge is 2.22. The molecule has 1 N–H and O–H groups in total. The van der Waals surface area contributed by atoms with E-state index in [2.05, 4.69) is 10.4 Å². The molecule has 1 aromatic carbocycles. The minimum atomic E-state index is -0.559. The molecule has 0 radical (unpaired) electrons. The quantitative estimate of drug-likeness (QED) is 0.645. The van der Waals surface area contributed by atoms with Crippen LogP contribution in [0.15, 0.2) is 18.2 Å². The molecule has 8 heteroatoms. The zero-order valence-electron chi connectivity index (χ0n) is 14.1. The number of rotatable bonds is 6. The summed E-state index contributed by atoms with van der Waals surface area (Å²) in [6, 6.07) is 4.45. The summed E-state index contributed by atoms with van der Waals surface area (Å²) in [4.78, 5) is 23.0. The molecule has 1 heterocycles. The zero-order chi connectivity index (χ0) is 17.9. The largest absolute Gasteiger partial charge is 0.481 e. The van der Waals surface area contributed by atoms with Gasteiger partial charge in [-0.2, -0.15) is 5.10 Å². The first-order chi connectivity index (χ1) is 11.4. The number of aromatic nitrogens is 2. The van der Waals surface area contributed by atoms with Gasteiger partial charge in [-0.25, -0.2) is 4.68 Å². The highest BCUT2D eigenvalue weighted by Crippen LogP contribution is 2.23. The Morgan fingerprint density at radius 3 is 2.75 bits per heavy atom. The third-order valence-electron chi connectivity index (χ3n) is 3.72. The van der Waals surface area contributed by atoms with Crippen LogP contribution in [0.4, 0.5) is 5.69 Å². The minimum absolute atomic E-state index is 0.0425. The normalized spacial score (nSPS) is 10.5. The molecule has 8 nitrogen and oxygen atoms in total. The Kier molecular flexibility index (Phi) is 5.18. The van der Waals surface area contributed by atoms with Crippen LogP contribution in [-0.2, 0) is 20.0 Å². The summed E-state index contributed by atoms with van der Waals surface area (Å²) < 4.78 is 6.93. The van der Waals surface area contributed by atoms with Gasteiger partial charge in [0.1, 0.15) is 5.56 Å². The van der Waals surface area contributed by atoms with Crippen molar-refractivity contribution in [2.24, 2.45) is 7.05 Å². The number of ether oxygens (including phenoxy) is 1. The number of hydrogen-bond acceptors (Lipinski definition) is 5. The molecule has 0 spiro atoms. The number of nitrogens with zero attached hydrogens (tertiary/aromatic N) is 3. The Balaban J connectivity index is 2.26. The van der Waals surface area contributed by atoms with Gasteiger partial charge < -0.3 is 10.1 Å². The van der Waals surface area contributed by atoms with Crippen molar-refractivity contribution in [1.29, 1.82) is 0 Å². The van der Waals surface area contributed by atoms with Crippen molar-refractivity contribution in [3.05, 3.63) is 50.7 Å². The lowest BCUT2D eigenvalue weighted by Crippen LogP contribution is -2.24. The van der Waals surface area contributed by atoms with Crippen LogP contribution in [0, 0.1) is 17.0 Å². The number of amides is 1. The fourth-order valence-corrected chi connectivity index (χ4v) is 2.58.